The summed E-state index contributed by atoms with van der Waals surface area (Å²) >= 11 is 0. The van der Waals surface area contributed by atoms with Crippen LogP contribution >= 0.6 is 0 Å². The van der Waals surface area contributed by atoms with Gasteiger partial charge in [-0.3, -0.25) is 4.98 Å². The third kappa shape index (κ3) is 2.07. The van der Waals surface area contributed by atoms with Crippen molar-refractivity contribution in [1.82, 2.24) is 4.98 Å². The Morgan fingerprint density at radius 1 is 1.37 bits per heavy atom. The van der Waals surface area contributed by atoms with Gasteiger partial charge in [0.05, 0.1) is 12.4 Å². The first-order valence-corrected chi connectivity index (χ1v) is 6.16. The summed E-state index contributed by atoms with van der Waals surface area (Å²) in [6.45, 7) is 4.60. The summed E-state index contributed by atoms with van der Waals surface area (Å²) in [5.74, 6) is 1.32. The minimum atomic E-state index is -0.364. The molecule has 5 heteroatoms. The van der Waals surface area contributed by atoms with Crippen LogP contribution in [0.2, 0.25) is 0 Å². The molecular formula is C14H15N3O2. The number of nitrogens with zero attached hydrogens (tertiary/aromatic N) is 3. The molecule has 0 atom stereocenters. The predicted molar refractivity (Wildman–Crippen MR) is 71.4 cm³/mol. The van der Waals surface area contributed by atoms with Gasteiger partial charge in [-0.2, -0.15) is 0 Å². The van der Waals surface area contributed by atoms with E-state index in [0.29, 0.717) is 12.4 Å². The molecule has 2 aromatic rings. The van der Waals surface area contributed by atoms with Crippen LogP contribution in [0, 0.1) is 5.21 Å². The Labute approximate surface area is 111 Å². The second-order valence-corrected chi connectivity index (χ2v) is 5.18. The van der Waals surface area contributed by atoms with Crippen LogP contribution in [0.25, 0.3) is 0 Å². The summed E-state index contributed by atoms with van der Waals surface area (Å²) in [4.78, 5) is 6.06. The first kappa shape index (κ1) is 11.8. The van der Waals surface area contributed by atoms with Gasteiger partial charge in [-0.1, -0.05) is 6.07 Å². The molecule has 0 radical (unpaired) electrons. The van der Waals surface area contributed by atoms with E-state index in [0.717, 1.165) is 16.2 Å². The van der Waals surface area contributed by atoms with E-state index < -0.39 is 0 Å². The Balaban J connectivity index is 2.14. The number of fused-ring (bicyclic) bond motifs is 1. The maximum absolute atomic E-state index is 12.0. The van der Waals surface area contributed by atoms with Gasteiger partial charge in [-0.05, 0) is 19.9 Å². The lowest BCUT2D eigenvalue weighted by molar-refractivity contribution is -0.592. The molecule has 3 heterocycles. The first-order chi connectivity index (χ1) is 9.07. The van der Waals surface area contributed by atoms with Crippen molar-refractivity contribution in [1.29, 1.82) is 0 Å². The molecule has 0 bridgehead atoms. The van der Waals surface area contributed by atoms with Crippen LogP contribution in [0.3, 0.4) is 0 Å². The minimum Gasteiger partial charge on any atom is -0.711 e. The lowest BCUT2D eigenvalue weighted by atomic mass is 10.1. The molecular weight excluding hydrogens is 242 g/mol. The van der Waals surface area contributed by atoms with Crippen molar-refractivity contribution in [3.8, 4) is 5.75 Å². The molecule has 5 nitrogen and oxygen atoms in total. The van der Waals surface area contributed by atoms with Gasteiger partial charge in [0.25, 0.3) is 5.82 Å². The first-order valence-electron chi connectivity index (χ1n) is 6.16. The fourth-order valence-corrected chi connectivity index (χ4v) is 2.29. The number of hydrogen-bond donors (Lipinski definition) is 0. The Morgan fingerprint density at radius 2 is 2.21 bits per heavy atom. The molecule has 0 aromatic carbocycles. The fraction of sp³-hybridized carbons (Fsp3) is 0.286. The maximum atomic E-state index is 12.0. The molecule has 98 valence electrons. The van der Waals surface area contributed by atoms with Crippen LogP contribution in [0.5, 0.6) is 5.75 Å². The molecule has 0 saturated carbocycles. The molecule has 0 saturated heterocycles. The standard InChI is InChI=1S/C14H15N3O2/c1-14(2)10-16(13-5-3-4-8-17(13)18)11-9-15-7-6-12(11)19-14/h3-9H,10H2,1-2H3. The van der Waals surface area contributed by atoms with Crippen molar-refractivity contribution < 1.29 is 9.47 Å². The normalized spacial score (nSPS) is 16.6. The topological polar surface area (TPSA) is 52.3 Å². The van der Waals surface area contributed by atoms with Gasteiger partial charge in [-0.15, -0.1) is 0 Å². The van der Waals surface area contributed by atoms with E-state index in [2.05, 4.69) is 4.98 Å². The molecule has 19 heavy (non-hydrogen) atoms. The number of hydrogen-bond acceptors (Lipinski definition) is 4. The summed E-state index contributed by atoms with van der Waals surface area (Å²) in [6.07, 6.45) is 4.90. The van der Waals surface area contributed by atoms with Crippen molar-refractivity contribution in [3.05, 3.63) is 48.1 Å². The molecule has 0 unspecified atom stereocenters. The third-order valence-corrected chi connectivity index (χ3v) is 3.06. The van der Waals surface area contributed by atoms with Gasteiger partial charge < -0.3 is 9.94 Å². The number of aromatic nitrogens is 2. The second-order valence-electron chi connectivity index (χ2n) is 5.18. The van der Waals surface area contributed by atoms with E-state index in [9.17, 15) is 5.21 Å². The summed E-state index contributed by atoms with van der Waals surface area (Å²) < 4.78 is 6.78. The lowest BCUT2D eigenvalue weighted by Gasteiger charge is -2.36. The Hall–Kier alpha value is -2.30. The third-order valence-electron chi connectivity index (χ3n) is 3.06. The Kier molecular flexibility index (Phi) is 2.55. The fourth-order valence-electron chi connectivity index (χ4n) is 2.29. The summed E-state index contributed by atoms with van der Waals surface area (Å²) in [7, 11) is 0. The minimum absolute atomic E-state index is 0.364. The predicted octanol–water partition coefficient (Wildman–Crippen LogP) is 2.02. The Morgan fingerprint density at radius 3 is 3.00 bits per heavy atom. The zero-order chi connectivity index (χ0) is 13.5. The molecule has 0 amide bonds. The van der Waals surface area contributed by atoms with E-state index >= 15 is 0 Å². The zero-order valence-corrected chi connectivity index (χ0v) is 10.9. The molecule has 3 rings (SSSR count). The number of anilines is 2. The van der Waals surface area contributed by atoms with Crippen LogP contribution in [0.4, 0.5) is 11.5 Å². The summed E-state index contributed by atoms with van der Waals surface area (Å²) in [5, 5.41) is 12.0. The molecule has 2 aromatic heterocycles. The van der Waals surface area contributed by atoms with Crippen LogP contribution in [-0.4, -0.2) is 17.1 Å². The lowest BCUT2D eigenvalue weighted by Crippen LogP contribution is -2.48. The van der Waals surface area contributed by atoms with Crippen LogP contribution in [-0.2, 0) is 0 Å². The van der Waals surface area contributed by atoms with Crippen LogP contribution < -0.4 is 14.4 Å². The van der Waals surface area contributed by atoms with Gasteiger partial charge in [-0.25, -0.2) is 9.63 Å². The highest BCUT2D eigenvalue weighted by molar-refractivity contribution is 5.66. The Bertz CT molecular complexity index is 613. The van der Waals surface area contributed by atoms with Crippen molar-refractivity contribution in [3.63, 3.8) is 0 Å². The second kappa shape index (κ2) is 4.12. The molecule has 0 fully saturated rings. The van der Waals surface area contributed by atoms with Gasteiger partial charge in [0.1, 0.15) is 12.1 Å². The van der Waals surface area contributed by atoms with Crippen LogP contribution in [0.15, 0.2) is 42.9 Å². The molecule has 0 aliphatic carbocycles. The zero-order valence-electron chi connectivity index (χ0n) is 10.9. The van der Waals surface area contributed by atoms with Crippen molar-refractivity contribution >= 4 is 11.5 Å². The summed E-state index contributed by atoms with van der Waals surface area (Å²) in [6, 6.07) is 7.18. The van der Waals surface area contributed by atoms with Crippen LogP contribution in [0.1, 0.15) is 13.8 Å². The average Bonchev–Trinajstić information content (AvgIpc) is 2.37. The van der Waals surface area contributed by atoms with E-state index in [1.54, 1.807) is 24.5 Å². The van der Waals surface area contributed by atoms with E-state index in [1.807, 2.05) is 30.9 Å². The number of rotatable bonds is 1. The molecule has 1 aliphatic rings. The van der Waals surface area contributed by atoms with E-state index in [4.69, 9.17) is 4.74 Å². The number of ether oxygens (including phenoxy) is 1. The quantitative estimate of drug-likeness (QED) is 0.579. The monoisotopic (exact) mass is 257 g/mol. The number of pyridine rings is 2. The van der Waals surface area contributed by atoms with Gasteiger partial charge >= 0.3 is 0 Å². The van der Waals surface area contributed by atoms with Crippen molar-refractivity contribution in [2.24, 2.45) is 0 Å². The summed E-state index contributed by atoms with van der Waals surface area (Å²) in [5.41, 5.74) is 0.453. The van der Waals surface area contributed by atoms with Gasteiger partial charge in [0, 0.05) is 18.3 Å². The van der Waals surface area contributed by atoms with Gasteiger partial charge in [0.15, 0.2) is 11.4 Å². The molecule has 0 spiro atoms. The maximum Gasteiger partial charge on any atom is 0.285 e. The smallest absolute Gasteiger partial charge is 0.285 e. The highest BCUT2D eigenvalue weighted by Crippen LogP contribution is 2.38. The molecule has 1 aliphatic heterocycles. The van der Waals surface area contributed by atoms with Gasteiger partial charge in [0.2, 0.25) is 0 Å². The van der Waals surface area contributed by atoms with E-state index in [1.165, 1.54) is 6.20 Å². The largest absolute Gasteiger partial charge is 0.711 e. The van der Waals surface area contributed by atoms with Crippen molar-refractivity contribution in [2.75, 3.05) is 11.4 Å². The average molecular weight is 257 g/mol. The van der Waals surface area contributed by atoms with Crippen molar-refractivity contribution in [2.45, 2.75) is 19.4 Å². The molecule has 0 N–H and O–H groups in total. The van der Waals surface area contributed by atoms with E-state index in [-0.39, 0.29) is 5.60 Å². The highest BCUT2D eigenvalue weighted by atomic mass is 16.5. The highest BCUT2D eigenvalue weighted by Gasteiger charge is 2.38. The SMILES string of the molecule is CC1(C)CN(c2cccc[n+]2[O-])c2cnccc2O1.